The molecule has 3 saturated heterocycles. The van der Waals surface area contributed by atoms with E-state index in [-0.39, 0.29) is 12.7 Å². The van der Waals surface area contributed by atoms with Crippen LogP contribution in [-0.2, 0) is 38.0 Å². The molecule has 0 saturated carbocycles. The summed E-state index contributed by atoms with van der Waals surface area (Å²) in [5.74, 6) is -1.88. The van der Waals surface area contributed by atoms with Gasteiger partial charge in [-0.05, 0) is 34.6 Å². The second-order valence-electron chi connectivity index (χ2n) is 7.02. The fraction of sp³-hybridized carbons (Fsp3) is 0.938. The van der Waals surface area contributed by atoms with Crippen LogP contribution in [0.15, 0.2) is 0 Å². The molecule has 138 valence electrons. The van der Waals surface area contributed by atoms with Gasteiger partial charge < -0.3 is 33.2 Å². The van der Waals surface area contributed by atoms with Crippen LogP contribution in [0.3, 0.4) is 0 Å². The minimum atomic E-state index is -0.766. The first-order valence-corrected chi connectivity index (χ1v) is 8.31. The molecule has 0 aromatic heterocycles. The zero-order valence-corrected chi connectivity index (χ0v) is 14.8. The lowest BCUT2D eigenvalue weighted by molar-refractivity contribution is -0.236. The smallest absolute Gasteiger partial charge is 0.332 e. The molecule has 3 aliphatic heterocycles. The molecule has 0 N–H and O–H groups in total. The number of esters is 1. The highest BCUT2D eigenvalue weighted by atomic mass is 16.8. The molecule has 0 spiro atoms. The van der Waals surface area contributed by atoms with Crippen molar-refractivity contribution in [3.63, 3.8) is 0 Å². The van der Waals surface area contributed by atoms with E-state index in [4.69, 9.17) is 33.2 Å². The van der Waals surface area contributed by atoms with Gasteiger partial charge in [0.25, 0.3) is 0 Å². The number of rotatable bonds is 5. The van der Waals surface area contributed by atoms with Crippen LogP contribution in [0, 0.1) is 0 Å². The lowest BCUT2D eigenvalue weighted by Gasteiger charge is -2.28. The quantitative estimate of drug-likeness (QED) is 0.681. The van der Waals surface area contributed by atoms with Crippen LogP contribution in [0.2, 0.25) is 0 Å². The van der Waals surface area contributed by atoms with E-state index in [1.54, 1.807) is 6.92 Å². The summed E-state index contributed by atoms with van der Waals surface area (Å²) in [6.45, 7) is 9.55. The van der Waals surface area contributed by atoms with Gasteiger partial charge in [0.15, 0.2) is 17.9 Å². The van der Waals surface area contributed by atoms with E-state index in [2.05, 4.69) is 0 Å². The summed E-state index contributed by atoms with van der Waals surface area (Å²) in [7, 11) is 0. The molecule has 0 radical (unpaired) electrons. The van der Waals surface area contributed by atoms with Crippen molar-refractivity contribution in [2.75, 3.05) is 19.8 Å². The van der Waals surface area contributed by atoms with Crippen molar-refractivity contribution < 1.29 is 38.0 Å². The Morgan fingerprint density at radius 2 is 1.83 bits per heavy atom. The Bertz CT molecular complexity index is 477. The number of hydrogen-bond acceptors (Lipinski definition) is 8. The first kappa shape index (κ1) is 18.0. The van der Waals surface area contributed by atoms with E-state index in [0.717, 1.165) is 0 Å². The van der Waals surface area contributed by atoms with Gasteiger partial charge in [0.2, 0.25) is 0 Å². The molecule has 0 aromatic rings. The van der Waals surface area contributed by atoms with Gasteiger partial charge >= 0.3 is 5.97 Å². The molecule has 3 aliphatic rings. The van der Waals surface area contributed by atoms with Crippen molar-refractivity contribution >= 4 is 5.97 Å². The Labute approximate surface area is 141 Å². The Hall–Kier alpha value is -0.770. The summed E-state index contributed by atoms with van der Waals surface area (Å²) >= 11 is 0. The number of fused-ring (bicyclic) bond motifs is 1. The van der Waals surface area contributed by atoms with Crippen LogP contribution in [0.4, 0.5) is 0 Å². The predicted octanol–water partition coefficient (Wildman–Crippen LogP) is 0.963. The van der Waals surface area contributed by atoms with Crippen molar-refractivity contribution in [3.8, 4) is 0 Å². The normalized spacial score (nSPS) is 39.8. The van der Waals surface area contributed by atoms with Gasteiger partial charge in [-0.2, -0.15) is 0 Å². The third kappa shape index (κ3) is 3.74. The number of carbonyl (C=O) groups is 1. The van der Waals surface area contributed by atoms with Gasteiger partial charge in [-0.15, -0.1) is 0 Å². The molecule has 3 rings (SSSR count). The van der Waals surface area contributed by atoms with Crippen LogP contribution in [-0.4, -0.2) is 68.1 Å². The Morgan fingerprint density at radius 3 is 2.46 bits per heavy atom. The summed E-state index contributed by atoms with van der Waals surface area (Å²) in [6.07, 6.45) is -2.29. The monoisotopic (exact) mass is 346 g/mol. The van der Waals surface area contributed by atoms with Crippen molar-refractivity contribution in [1.82, 2.24) is 0 Å². The molecule has 8 nitrogen and oxygen atoms in total. The zero-order chi connectivity index (χ0) is 17.5. The first-order valence-electron chi connectivity index (χ1n) is 8.31. The largest absolute Gasteiger partial charge is 0.464 e. The number of ether oxygens (including phenoxy) is 7. The number of carbonyl (C=O) groups excluding carboxylic acids is 1. The van der Waals surface area contributed by atoms with E-state index >= 15 is 0 Å². The summed E-state index contributed by atoms with van der Waals surface area (Å²) in [6, 6.07) is 0. The molecular formula is C16H26O8. The van der Waals surface area contributed by atoms with Crippen molar-refractivity contribution in [1.29, 1.82) is 0 Å². The standard InChI is InChI=1S/C16H26O8/c1-6-18-10(17)8-19-12-11(9-7-20-15(2,3)22-9)21-14-13(12)23-16(4,5)24-14/h9,11-14H,6-8H2,1-5H3/t9?,11-,12+,13-,14-/m1/s1. The highest BCUT2D eigenvalue weighted by Gasteiger charge is 2.59. The molecule has 0 aliphatic carbocycles. The fourth-order valence-electron chi connectivity index (χ4n) is 3.24. The van der Waals surface area contributed by atoms with Crippen LogP contribution in [0.1, 0.15) is 34.6 Å². The van der Waals surface area contributed by atoms with Gasteiger partial charge in [-0.1, -0.05) is 0 Å². The van der Waals surface area contributed by atoms with Crippen LogP contribution in [0.5, 0.6) is 0 Å². The molecule has 3 heterocycles. The average Bonchev–Trinajstić information content (AvgIpc) is 3.06. The van der Waals surface area contributed by atoms with Crippen LogP contribution < -0.4 is 0 Å². The fourth-order valence-corrected chi connectivity index (χ4v) is 3.24. The maximum absolute atomic E-state index is 11.6. The number of hydrogen-bond donors (Lipinski definition) is 0. The summed E-state index contributed by atoms with van der Waals surface area (Å²) in [5.41, 5.74) is 0. The SMILES string of the molecule is CCOC(=O)CO[C@@H]1[C@H]2OC(C)(C)O[C@H]2O[C@@H]1C1COC(C)(C)O1. The van der Waals surface area contributed by atoms with Crippen molar-refractivity contribution in [3.05, 3.63) is 0 Å². The maximum Gasteiger partial charge on any atom is 0.332 e. The zero-order valence-electron chi connectivity index (χ0n) is 14.8. The topological polar surface area (TPSA) is 81.7 Å². The third-order valence-corrected chi connectivity index (χ3v) is 4.12. The molecule has 3 fully saturated rings. The van der Waals surface area contributed by atoms with Gasteiger partial charge in [0, 0.05) is 0 Å². The lowest BCUT2D eigenvalue weighted by atomic mass is 10.1. The second-order valence-corrected chi connectivity index (χ2v) is 7.02. The average molecular weight is 346 g/mol. The molecule has 1 unspecified atom stereocenters. The van der Waals surface area contributed by atoms with Gasteiger partial charge in [0.05, 0.1) is 13.2 Å². The molecule has 5 atom stereocenters. The second kappa shape index (κ2) is 6.51. The minimum absolute atomic E-state index is 0.178. The van der Waals surface area contributed by atoms with Crippen LogP contribution in [0.25, 0.3) is 0 Å². The maximum atomic E-state index is 11.6. The molecule has 8 heteroatoms. The predicted molar refractivity (Wildman–Crippen MR) is 80.0 cm³/mol. The first-order chi connectivity index (χ1) is 11.2. The van der Waals surface area contributed by atoms with E-state index in [0.29, 0.717) is 13.2 Å². The molecule has 0 aromatic carbocycles. The van der Waals surface area contributed by atoms with Crippen LogP contribution >= 0.6 is 0 Å². The van der Waals surface area contributed by atoms with Gasteiger partial charge in [-0.3, -0.25) is 0 Å². The van der Waals surface area contributed by atoms with E-state index < -0.39 is 42.1 Å². The van der Waals surface area contributed by atoms with Gasteiger partial charge in [0.1, 0.15) is 31.0 Å². The highest BCUT2D eigenvalue weighted by Crippen LogP contribution is 2.41. The summed E-state index contributed by atoms with van der Waals surface area (Å²) in [5, 5.41) is 0. The van der Waals surface area contributed by atoms with Gasteiger partial charge in [-0.25, -0.2) is 4.79 Å². The highest BCUT2D eigenvalue weighted by molar-refractivity contribution is 5.70. The Balaban J connectivity index is 1.69. The summed E-state index contributed by atoms with van der Waals surface area (Å²) in [4.78, 5) is 11.6. The minimum Gasteiger partial charge on any atom is -0.464 e. The molecular weight excluding hydrogens is 320 g/mol. The Morgan fingerprint density at radius 1 is 1.08 bits per heavy atom. The lowest BCUT2D eigenvalue weighted by Crippen LogP contribution is -2.45. The Kier molecular flexibility index (Phi) is 4.89. The van der Waals surface area contributed by atoms with E-state index in [1.807, 2.05) is 27.7 Å². The van der Waals surface area contributed by atoms with Crippen molar-refractivity contribution in [2.24, 2.45) is 0 Å². The van der Waals surface area contributed by atoms with E-state index in [1.165, 1.54) is 0 Å². The third-order valence-electron chi connectivity index (χ3n) is 4.12. The summed E-state index contributed by atoms with van der Waals surface area (Å²) < 4.78 is 39.8. The molecule has 24 heavy (non-hydrogen) atoms. The van der Waals surface area contributed by atoms with E-state index in [9.17, 15) is 4.79 Å². The van der Waals surface area contributed by atoms with Crippen molar-refractivity contribution in [2.45, 2.75) is 76.9 Å². The molecule has 0 amide bonds. The molecule has 0 bridgehead atoms.